The summed E-state index contributed by atoms with van der Waals surface area (Å²) < 4.78 is 175. The van der Waals surface area contributed by atoms with Gasteiger partial charge in [-0.15, -0.1) is 0 Å². The van der Waals surface area contributed by atoms with Crippen LogP contribution in [0.5, 0.6) is 0 Å². The van der Waals surface area contributed by atoms with Crippen molar-refractivity contribution in [3.63, 3.8) is 0 Å². The molecule has 61 heavy (non-hydrogen) atoms. The summed E-state index contributed by atoms with van der Waals surface area (Å²) in [7, 11) is 0. The zero-order chi connectivity index (χ0) is 44.0. The number of benzene rings is 8. The Labute approximate surface area is 363 Å². The van der Waals surface area contributed by atoms with Gasteiger partial charge in [-0.25, -0.2) is 0 Å². The van der Waals surface area contributed by atoms with Gasteiger partial charge in [-0.2, -0.15) is 52.7 Å². The Morgan fingerprint density at radius 3 is 1.00 bits per heavy atom. The normalized spacial score (nSPS) is 12.8. The van der Waals surface area contributed by atoms with Crippen LogP contribution in [0.25, 0.3) is 76.8 Å². The molecule has 0 amide bonds. The summed E-state index contributed by atoms with van der Waals surface area (Å²) in [5.74, 6) is 0. The summed E-state index contributed by atoms with van der Waals surface area (Å²) in [5, 5.41) is 0.647. The van der Waals surface area contributed by atoms with Crippen molar-refractivity contribution in [2.45, 2.75) is 24.7 Å². The van der Waals surface area contributed by atoms with Crippen molar-refractivity contribution in [3.8, 4) is 44.5 Å². The molecule has 0 aliphatic rings. The Kier molecular flexibility index (Phi) is 10.7. The van der Waals surface area contributed by atoms with Crippen LogP contribution in [0.4, 0.5) is 52.7 Å². The molecule has 0 N–H and O–H groups in total. The van der Waals surface area contributed by atoms with E-state index in [0.717, 1.165) is 66.7 Å². The lowest BCUT2D eigenvalue weighted by molar-refractivity contribution is -0.138. The molecule has 0 aliphatic carbocycles. The highest BCUT2D eigenvalue weighted by molar-refractivity contribution is 9.11. The highest BCUT2D eigenvalue weighted by Crippen LogP contribution is 2.55. The predicted molar refractivity (Wildman–Crippen MR) is 224 cm³/mol. The first kappa shape index (κ1) is 42.8. The van der Waals surface area contributed by atoms with E-state index in [2.05, 4.69) is 47.8 Å². The van der Waals surface area contributed by atoms with Crippen LogP contribution in [0.3, 0.4) is 0 Å². The molecular formula is C46H21Br3F12. The lowest BCUT2D eigenvalue weighted by Gasteiger charge is -2.26. The Hall–Kier alpha value is -4.86. The maximum atomic E-state index is 14.7. The topological polar surface area (TPSA) is 0 Å². The van der Waals surface area contributed by atoms with Crippen LogP contribution in [0.2, 0.25) is 0 Å². The third-order valence-corrected chi connectivity index (χ3v) is 12.0. The van der Waals surface area contributed by atoms with Gasteiger partial charge in [0.15, 0.2) is 0 Å². The van der Waals surface area contributed by atoms with Crippen LogP contribution in [-0.2, 0) is 24.7 Å². The molecule has 0 spiro atoms. The second-order valence-corrected chi connectivity index (χ2v) is 16.7. The largest absolute Gasteiger partial charge is 0.417 e. The summed E-state index contributed by atoms with van der Waals surface area (Å²) in [6.45, 7) is 0. The summed E-state index contributed by atoms with van der Waals surface area (Å²) in [4.78, 5) is 0. The smallest absolute Gasteiger partial charge is 0.166 e. The van der Waals surface area contributed by atoms with E-state index < -0.39 is 47.0 Å². The molecule has 8 rings (SSSR count). The highest BCUT2D eigenvalue weighted by Gasteiger charge is 2.37. The van der Waals surface area contributed by atoms with Crippen molar-refractivity contribution >= 4 is 80.1 Å². The Balaban J connectivity index is 1.77. The molecule has 310 valence electrons. The molecule has 8 aromatic carbocycles. The van der Waals surface area contributed by atoms with Crippen LogP contribution < -0.4 is 0 Å². The van der Waals surface area contributed by atoms with Crippen molar-refractivity contribution in [1.29, 1.82) is 0 Å². The van der Waals surface area contributed by atoms with Gasteiger partial charge in [0.1, 0.15) is 0 Å². The van der Waals surface area contributed by atoms with Crippen molar-refractivity contribution in [2.75, 3.05) is 0 Å². The average Bonchev–Trinajstić information content (AvgIpc) is 3.18. The van der Waals surface area contributed by atoms with Crippen LogP contribution in [0, 0.1) is 0 Å². The Morgan fingerprint density at radius 1 is 0.311 bits per heavy atom. The van der Waals surface area contributed by atoms with E-state index in [0.29, 0.717) is 8.95 Å². The standard InChI is InChI=1S/C46H21Br3F12/c47-29-11-13-31-33(20-29)39(24-6-3-9-28(18-24)45(56,57)58)41-37(22-4-1-7-26(16-22)43(50,51)52)32-14-12-30(48)21-34(32)40(25-10-15-36(49)35(19-25)46(59,60)61)42(41)38(31)23-5-2-8-27(17-23)44(53,54)55/h1-21H. The fourth-order valence-corrected chi connectivity index (χ4v) is 9.02. The zero-order valence-corrected chi connectivity index (χ0v) is 35.1. The van der Waals surface area contributed by atoms with E-state index in [9.17, 15) is 52.7 Å². The molecule has 0 fully saturated rings. The average molecular weight is 1040 g/mol. The molecule has 0 heterocycles. The minimum Gasteiger partial charge on any atom is -0.166 e. The van der Waals surface area contributed by atoms with Gasteiger partial charge in [-0.3, -0.25) is 0 Å². The third kappa shape index (κ3) is 7.93. The van der Waals surface area contributed by atoms with Gasteiger partial charge in [0.2, 0.25) is 0 Å². The van der Waals surface area contributed by atoms with E-state index in [1.807, 2.05) is 0 Å². The summed E-state index contributed by atoms with van der Waals surface area (Å²) in [6, 6.07) is 25.1. The third-order valence-electron chi connectivity index (χ3n) is 10.3. The molecule has 0 unspecified atom stereocenters. The number of hydrogen-bond donors (Lipinski definition) is 0. The monoisotopic (exact) mass is 1040 g/mol. The summed E-state index contributed by atoms with van der Waals surface area (Å²) >= 11 is 9.83. The van der Waals surface area contributed by atoms with Crippen LogP contribution >= 0.6 is 47.8 Å². The Bertz CT molecular complexity index is 3070. The first-order valence-corrected chi connectivity index (χ1v) is 20.1. The summed E-state index contributed by atoms with van der Waals surface area (Å²) in [5.41, 5.74) is -4.61. The molecule has 0 radical (unpaired) electrons. The van der Waals surface area contributed by atoms with Gasteiger partial charge in [0, 0.05) is 13.4 Å². The molecule has 0 aliphatic heterocycles. The lowest BCUT2D eigenvalue weighted by Crippen LogP contribution is -2.07. The van der Waals surface area contributed by atoms with Crippen LogP contribution in [0.1, 0.15) is 22.3 Å². The van der Waals surface area contributed by atoms with Gasteiger partial charge >= 0.3 is 24.7 Å². The van der Waals surface area contributed by atoms with Gasteiger partial charge in [0.25, 0.3) is 0 Å². The van der Waals surface area contributed by atoms with Crippen LogP contribution in [-0.4, -0.2) is 0 Å². The maximum Gasteiger partial charge on any atom is 0.417 e. The van der Waals surface area contributed by atoms with E-state index in [4.69, 9.17) is 0 Å². The predicted octanol–water partition coefficient (Wildman–Crippen LogP) is 18.2. The molecule has 0 aromatic heterocycles. The second kappa shape index (κ2) is 15.2. The molecule has 0 atom stereocenters. The first-order valence-electron chi connectivity index (χ1n) is 17.8. The van der Waals surface area contributed by atoms with Gasteiger partial charge < -0.3 is 0 Å². The van der Waals surface area contributed by atoms with Gasteiger partial charge in [-0.05, 0) is 150 Å². The van der Waals surface area contributed by atoms with E-state index in [1.165, 1.54) is 48.5 Å². The SMILES string of the molecule is FC(F)(F)c1cccc(-c2c3ccc(Br)cc3c(-c3ccc(Br)c(C(F)(F)F)c3)c3c(-c4cccc(C(F)(F)F)c4)c4ccc(Br)cc4c(-c4cccc(C(F)(F)F)c4)c23)c1. The number of halogens is 15. The zero-order valence-electron chi connectivity index (χ0n) is 30.3. The van der Waals surface area contributed by atoms with Crippen molar-refractivity contribution in [3.05, 3.63) is 163 Å². The molecule has 0 bridgehead atoms. The summed E-state index contributed by atoms with van der Waals surface area (Å²) in [6.07, 6.45) is -19.6. The minimum atomic E-state index is -4.93. The first-order chi connectivity index (χ1) is 28.5. The second-order valence-electron chi connectivity index (χ2n) is 14.1. The molecule has 8 aromatic rings. The molecule has 0 nitrogen and oxygen atoms in total. The lowest BCUT2D eigenvalue weighted by atomic mass is 9.77. The number of hydrogen-bond acceptors (Lipinski definition) is 0. The number of alkyl halides is 12. The number of fused-ring (bicyclic) bond motifs is 3. The van der Waals surface area contributed by atoms with Crippen molar-refractivity contribution in [1.82, 2.24) is 0 Å². The van der Waals surface area contributed by atoms with E-state index in [-0.39, 0.29) is 81.3 Å². The fourth-order valence-electron chi connectivity index (χ4n) is 7.82. The Morgan fingerprint density at radius 2 is 0.656 bits per heavy atom. The fraction of sp³-hybridized carbons (Fsp3) is 0.0870. The molecular weight excluding hydrogens is 1020 g/mol. The molecule has 0 saturated heterocycles. The van der Waals surface area contributed by atoms with Crippen molar-refractivity contribution < 1.29 is 52.7 Å². The van der Waals surface area contributed by atoms with Gasteiger partial charge in [0.05, 0.1) is 22.3 Å². The van der Waals surface area contributed by atoms with Crippen LogP contribution in [0.15, 0.2) is 141 Å². The highest BCUT2D eigenvalue weighted by atomic mass is 79.9. The maximum absolute atomic E-state index is 14.7. The van der Waals surface area contributed by atoms with Gasteiger partial charge in [-0.1, -0.05) is 102 Å². The molecule has 15 heteroatoms. The van der Waals surface area contributed by atoms with E-state index in [1.54, 1.807) is 12.1 Å². The molecule has 0 saturated carbocycles. The van der Waals surface area contributed by atoms with Crippen molar-refractivity contribution in [2.24, 2.45) is 0 Å². The quantitative estimate of drug-likeness (QED) is 0.122. The van der Waals surface area contributed by atoms with E-state index >= 15 is 0 Å². The number of rotatable bonds is 4. The minimum absolute atomic E-state index is 0.0190.